The van der Waals surface area contributed by atoms with Gasteiger partial charge in [-0.3, -0.25) is 0 Å². The summed E-state index contributed by atoms with van der Waals surface area (Å²) in [5.74, 6) is -0.475. The van der Waals surface area contributed by atoms with E-state index in [9.17, 15) is 4.39 Å². The first-order valence-corrected chi connectivity index (χ1v) is 3.99. The fourth-order valence-electron chi connectivity index (χ4n) is 1.29. The van der Waals surface area contributed by atoms with Crippen molar-refractivity contribution in [2.24, 2.45) is 5.92 Å². The molecule has 1 nitrogen and oxygen atoms in total. The van der Waals surface area contributed by atoms with Crippen molar-refractivity contribution in [3.05, 3.63) is 0 Å². The molecular weight excluding hydrogens is 149 g/mol. The van der Waals surface area contributed by atoms with E-state index in [2.05, 4.69) is 12.6 Å². The van der Waals surface area contributed by atoms with Crippen molar-refractivity contribution in [2.45, 2.75) is 30.7 Å². The van der Waals surface area contributed by atoms with E-state index >= 15 is 0 Å². The van der Waals surface area contributed by atoms with E-state index in [-0.39, 0.29) is 5.25 Å². The molecule has 1 aliphatic rings. The van der Waals surface area contributed by atoms with Crippen molar-refractivity contribution in [1.29, 1.82) is 5.26 Å². The number of hydrogen-bond donors (Lipinski definition) is 1. The van der Waals surface area contributed by atoms with Crippen LogP contribution in [-0.2, 0) is 0 Å². The molecule has 0 bridgehead atoms. The zero-order chi connectivity index (χ0) is 7.56. The van der Waals surface area contributed by atoms with Gasteiger partial charge >= 0.3 is 0 Å². The standard InChI is InChI=1S/C7H10FNS/c8-6-2-1-3-7(10)5(6)4-9/h5-7,10H,1-3H2. The Morgan fingerprint density at radius 3 is 2.60 bits per heavy atom. The van der Waals surface area contributed by atoms with Crippen LogP contribution >= 0.6 is 12.6 Å². The Bertz CT molecular complexity index is 144. The molecule has 0 heterocycles. The fourth-order valence-corrected chi connectivity index (χ4v) is 1.73. The summed E-state index contributed by atoms with van der Waals surface area (Å²) in [5.41, 5.74) is 0. The minimum absolute atomic E-state index is 0.0475. The first kappa shape index (κ1) is 7.87. The van der Waals surface area contributed by atoms with Gasteiger partial charge in [0.1, 0.15) is 6.17 Å². The lowest BCUT2D eigenvalue weighted by Crippen LogP contribution is -2.28. The van der Waals surface area contributed by atoms with Crippen LogP contribution in [0.15, 0.2) is 0 Å². The molecule has 0 aromatic rings. The maximum absolute atomic E-state index is 12.8. The molecule has 10 heavy (non-hydrogen) atoms. The SMILES string of the molecule is N#CC1C(F)CCCC1S. The second-order valence-electron chi connectivity index (χ2n) is 2.67. The maximum atomic E-state index is 12.8. The zero-order valence-corrected chi connectivity index (χ0v) is 6.52. The van der Waals surface area contributed by atoms with Crippen molar-refractivity contribution >= 4 is 12.6 Å². The lowest BCUT2D eigenvalue weighted by molar-refractivity contribution is 0.210. The minimum Gasteiger partial charge on any atom is -0.246 e. The van der Waals surface area contributed by atoms with Crippen molar-refractivity contribution in [3.63, 3.8) is 0 Å². The van der Waals surface area contributed by atoms with Crippen LogP contribution in [0.4, 0.5) is 4.39 Å². The van der Waals surface area contributed by atoms with Gasteiger partial charge in [0, 0.05) is 5.25 Å². The Morgan fingerprint density at radius 1 is 1.50 bits per heavy atom. The van der Waals surface area contributed by atoms with E-state index in [1.165, 1.54) is 0 Å². The topological polar surface area (TPSA) is 23.8 Å². The highest BCUT2D eigenvalue weighted by molar-refractivity contribution is 7.81. The molecule has 0 aromatic heterocycles. The Kier molecular flexibility index (Phi) is 2.56. The third kappa shape index (κ3) is 1.43. The summed E-state index contributed by atoms with van der Waals surface area (Å²) in [6, 6.07) is 1.95. The second-order valence-corrected chi connectivity index (χ2v) is 3.33. The number of halogens is 1. The molecule has 1 saturated carbocycles. The third-order valence-corrected chi connectivity index (χ3v) is 2.51. The van der Waals surface area contributed by atoms with Gasteiger partial charge in [0.15, 0.2) is 0 Å². The molecule has 56 valence electrons. The van der Waals surface area contributed by atoms with Crippen LogP contribution in [0.1, 0.15) is 19.3 Å². The number of rotatable bonds is 0. The van der Waals surface area contributed by atoms with Crippen LogP contribution in [0.3, 0.4) is 0 Å². The van der Waals surface area contributed by atoms with Crippen LogP contribution in [-0.4, -0.2) is 11.4 Å². The lowest BCUT2D eigenvalue weighted by atomic mass is 9.88. The average Bonchev–Trinajstić information content (AvgIpc) is 1.88. The van der Waals surface area contributed by atoms with Gasteiger partial charge in [-0.05, 0) is 19.3 Å². The Labute approximate surface area is 65.6 Å². The summed E-state index contributed by atoms with van der Waals surface area (Å²) in [7, 11) is 0. The number of thiol groups is 1. The van der Waals surface area contributed by atoms with Gasteiger partial charge in [-0.15, -0.1) is 0 Å². The summed E-state index contributed by atoms with van der Waals surface area (Å²) in [6.07, 6.45) is 1.34. The van der Waals surface area contributed by atoms with Gasteiger partial charge < -0.3 is 0 Å². The predicted molar refractivity (Wildman–Crippen MR) is 40.6 cm³/mol. The summed E-state index contributed by atoms with van der Waals surface area (Å²) in [4.78, 5) is 0. The monoisotopic (exact) mass is 159 g/mol. The first-order valence-electron chi connectivity index (χ1n) is 3.47. The summed E-state index contributed by atoms with van der Waals surface area (Å²) in [5, 5.41) is 8.45. The molecule has 0 spiro atoms. The van der Waals surface area contributed by atoms with E-state index in [1.807, 2.05) is 6.07 Å². The molecule has 0 aliphatic heterocycles. The van der Waals surface area contributed by atoms with Crippen molar-refractivity contribution in [1.82, 2.24) is 0 Å². The number of nitrogens with zero attached hydrogens (tertiary/aromatic N) is 1. The first-order chi connectivity index (χ1) is 4.75. The van der Waals surface area contributed by atoms with Crippen molar-refractivity contribution in [3.8, 4) is 6.07 Å². The number of hydrogen-bond acceptors (Lipinski definition) is 2. The quantitative estimate of drug-likeness (QED) is 0.536. The van der Waals surface area contributed by atoms with Crippen LogP contribution in [0, 0.1) is 17.2 Å². The van der Waals surface area contributed by atoms with Gasteiger partial charge in [0.05, 0.1) is 12.0 Å². The van der Waals surface area contributed by atoms with E-state index in [0.29, 0.717) is 6.42 Å². The zero-order valence-electron chi connectivity index (χ0n) is 5.63. The minimum atomic E-state index is -0.943. The maximum Gasteiger partial charge on any atom is 0.117 e. The highest BCUT2D eigenvalue weighted by atomic mass is 32.1. The third-order valence-electron chi connectivity index (χ3n) is 1.93. The molecule has 1 rings (SSSR count). The van der Waals surface area contributed by atoms with Crippen LogP contribution in [0.5, 0.6) is 0 Å². The number of nitriles is 1. The lowest BCUT2D eigenvalue weighted by Gasteiger charge is -2.25. The van der Waals surface area contributed by atoms with Gasteiger partial charge in [-0.2, -0.15) is 17.9 Å². The second kappa shape index (κ2) is 3.25. The average molecular weight is 159 g/mol. The van der Waals surface area contributed by atoms with Crippen molar-refractivity contribution in [2.75, 3.05) is 0 Å². The van der Waals surface area contributed by atoms with Gasteiger partial charge in [-0.25, -0.2) is 4.39 Å². The van der Waals surface area contributed by atoms with E-state index in [4.69, 9.17) is 5.26 Å². The molecule has 0 amide bonds. The van der Waals surface area contributed by atoms with E-state index in [1.54, 1.807) is 0 Å². The summed E-state index contributed by atoms with van der Waals surface area (Å²) < 4.78 is 12.8. The van der Waals surface area contributed by atoms with Gasteiger partial charge in [0.2, 0.25) is 0 Å². The Balaban J connectivity index is 2.56. The molecule has 0 N–H and O–H groups in total. The van der Waals surface area contributed by atoms with E-state index in [0.717, 1.165) is 12.8 Å². The predicted octanol–water partition coefficient (Wildman–Crippen LogP) is 1.95. The molecule has 0 saturated heterocycles. The van der Waals surface area contributed by atoms with Crippen LogP contribution < -0.4 is 0 Å². The largest absolute Gasteiger partial charge is 0.246 e. The molecule has 3 atom stereocenters. The Hall–Kier alpha value is -0.230. The molecule has 1 fully saturated rings. The van der Waals surface area contributed by atoms with Crippen LogP contribution in [0.2, 0.25) is 0 Å². The summed E-state index contributed by atoms with van der Waals surface area (Å²) in [6.45, 7) is 0. The molecule has 0 radical (unpaired) electrons. The highest BCUT2D eigenvalue weighted by Crippen LogP contribution is 2.30. The molecule has 3 unspecified atom stereocenters. The molecule has 1 aliphatic carbocycles. The van der Waals surface area contributed by atoms with Crippen molar-refractivity contribution < 1.29 is 4.39 Å². The molecule has 0 aromatic carbocycles. The van der Waals surface area contributed by atoms with Gasteiger partial charge in [-0.1, -0.05) is 0 Å². The number of alkyl halides is 1. The molecule has 3 heteroatoms. The molecular formula is C7H10FNS. The summed E-state index contributed by atoms with van der Waals surface area (Å²) >= 11 is 4.13. The normalized spacial score (nSPS) is 40.7. The fraction of sp³-hybridized carbons (Fsp3) is 0.857. The van der Waals surface area contributed by atoms with E-state index < -0.39 is 12.1 Å². The van der Waals surface area contributed by atoms with Crippen LogP contribution in [0.25, 0.3) is 0 Å². The Morgan fingerprint density at radius 2 is 2.20 bits per heavy atom. The highest BCUT2D eigenvalue weighted by Gasteiger charge is 2.30. The van der Waals surface area contributed by atoms with Gasteiger partial charge in [0.25, 0.3) is 0 Å². The smallest absolute Gasteiger partial charge is 0.117 e.